The molecule has 0 spiro atoms. The molecule has 2 atom stereocenters. The Morgan fingerprint density at radius 1 is 0.932 bits per heavy atom. The van der Waals surface area contributed by atoms with Crippen molar-refractivity contribution in [2.45, 2.75) is 72.2 Å². The maximum Gasteiger partial charge on any atom is 0.407 e. The van der Waals surface area contributed by atoms with Gasteiger partial charge in [0.2, 0.25) is 5.91 Å². The Bertz CT molecular complexity index is 1660. The van der Waals surface area contributed by atoms with Gasteiger partial charge in [0.05, 0.1) is 17.3 Å². The summed E-state index contributed by atoms with van der Waals surface area (Å²) in [4.78, 5) is 29.2. The highest BCUT2D eigenvalue weighted by atomic mass is 16.6. The van der Waals surface area contributed by atoms with Gasteiger partial charge < -0.3 is 26.0 Å². The first-order valence-corrected chi connectivity index (χ1v) is 15.2. The van der Waals surface area contributed by atoms with Gasteiger partial charge in [-0.3, -0.25) is 4.79 Å². The van der Waals surface area contributed by atoms with Crippen LogP contribution < -0.4 is 21.3 Å². The number of carbonyl (C=O) groups excluding carboxylic acids is 2. The molecule has 0 saturated heterocycles. The summed E-state index contributed by atoms with van der Waals surface area (Å²) in [7, 11) is 0. The van der Waals surface area contributed by atoms with Crippen molar-refractivity contribution in [3.05, 3.63) is 107 Å². The molecular formula is C36H41N5O3. The van der Waals surface area contributed by atoms with E-state index in [4.69, 9.17) is 4.74 Å². The van der Waals surface area contributed by atoms with Crippen molar-refractivity contribution in [3.63, 3.8) is 0 Å². The fraction of sp³-hybridized carbons (Fsp3) is 0.306. The third-order valence-corrected chi connectivity index (χ3v) is 7.67. The average Bonchev–Trinajstić information content (AvgIpc) is 3.56. The molecule has 4 aromatic rings. The minimum absolute atomic E-state index is 0.00477. The Kier molecular flexibility index (Phi) is 8.90. The van der Waals surface area contributed by atoms with Crippen LogP contribution in [0.5, 0.6) is 0 Å². The van der Waals surface area contributed by atoms with E-state index in [1.807, 2.05) is 65.0 Å². The van der Waals surface area contributed by atoms with Gasteiger partial charge in [-0.05, 0) is 85.7 Å². The number of pyridine rings is 1. The summed E-state index contributed by atoms with van der Waals surface area (Å²) in [5.74, 6) is 0.414. The zero-order valence-corrected chi connectivity index (χ0v) is 26.2. The second-order valence-electron chi connectivity index (χ2n) is 11.9. The number of alkyl carbamates (subject to hydrolysis) is 1. The highest BCUT2D eigenvalue weighted by Gasteiger charge is 2.32. The van der Waals surface area contributed by atoms with Crippen molar-refractivity contribution in [2.75, 3.05) is 16.0 Å². The molecule has 228 valence electrons. The summed E-state index contributed by atoms with van der Waals surface area (Å²) in [6.07, 6.45) is 1.81. The van der Waals surface area contributed by atoms with Gasteiger partial charge in [0, 0.05) is 18.3 Å². The van der Waals surface area contributed by atoms with Gasteiger partial charge in [-0.25, -0.2) is 9.78 Å². The number of anilines is 3. The molecule has 1 aromatic heterocycles. The predicted molar refractivity (Wildman–Crippen MR) is 177 cm³/mol. The molecular weight excluding hydrogens is 550 g/mol. The number of nitrogens with one attached hydrogen (secondary N) is 4. The second-order valence-corrected chi connectivity index (χ2v) is 11.9. The lowest BCUT2D eigenvalue weighted by Crippen LogP contribution is -2.32. The molecule has 6 rings (SSSR count). The molecule has 4 N–H and O–H groups in total. The van der Waals surface area contributed by atoms with Crippen LogP contribution in [0.15, 0.2) is 79.0 Å². The number of aromatic nitrogens is 1. The van der Waals surface area contributed by atoms with Crippen LogP contribution in [0, 0.1) is 6.92 Å². The normalized spacial score (nSPS) is 16.4. The van der Waals surface area contributed by atoms with Crippen LogP contribution >= 0.6 is 0 Å². The summed E-state index contributed by atoms with van der Waals surface area (Å²) in [5, 5.41) is 13.0. The Morgan fingerprint density at radius 2 is 1.64 bits per heavy atom. The second kappa shape index (κ2) is 12.8. The molecule has 8 heteroatoms. The molecule has 0 radical (unpaired) electrons. The van der Waals surface area contributed by atoms with Gasteiger partial charge in [-0.15, -0.1) is 0 Å². The van der Waals surface area contributed by atoms with Crippen molar-refractivity contribution >= 4 is 29.2 Å². The molecule has 2 aliphatic rings. The van der Waals surface area contributed by atoms with E-state index in [-0.39, 0.29) is 18.0 Å². The Hall–Kier alpha value is -4.85. The first-order chi connectivity index (χ1) is 21.1. The lowest BCUT2D eigenvalue weighted by atomic mass is 9.91. The molecule has 8 nitrogen and oxygen atoms in total. The standard InChI is InChI=1S/C34H35N5O3.C2H6/c1-20-16-28-29(18-24(20)17-27-26-10-7-15-35-31(26)39-32(27)40)38-30(37-28)22-13-11-21(12-14-22)25-9-6-5-8-23(25)19-36-33(41)42-34(2,3)4;1-2/h5-16,18,27,30,37-38H,17,19H2,1-4H3,(H,36,41)(H,35,39,40);1-2H3. The first kappa shape index (κ1) is 30.6. The Balaban J connectivity index is 0.00000188. The third-order valence-electron chi connectivity index (χ3n) is 7.67. The number of carbonyl (C=O) groups is 2. The largest absolute Gasteiger partial charge is 0.444 e. The van der Waals surface area contributed by atoms with Crippen LogP contribution in [0.1, 0.15) is 74.5 Å². The van der Waals surface area contributed by atoms with Crippen molar-refractivity contribution in [2.24, 2.45) is 0 Å². The number of hydrogen-bond acceptors (Lipinski definition) is 6. The summed E-state index contributed by atoms with van der Waals surface area (Å²) < 4.78 is 5.39. The summed E-state index contributed by atoms with van der Waals surface area (Å²) >= 11 is 0. The molecule has 2 unspecified atom stereocenters. The summed E-state index contributed by atoms with van der Waals surface area (Å²) in [6.45, 7) is 12.0. The van der Waals surface area contributed by atoms with Gasteiger partial charge >= 0.3 is 6.09 Å². The van der Waals surface area contributed by atoms with Gasteiger partial charge in [-0.1, -0.05) is 68.4 Å². The summed E-state index contributed by atoms with van der Waals surface area (Å²) in [6, 6.07) is 24.6. The van der Waals surface area contributed by atoms with Crippen LogP contribution in [-0.2, 0) is 22.5 Å². The zero-order valence-electron chi connectivity index (χ0n) is 26.2. The highest BCUT2D eigenvalue weighted by molar-refractivity contribution is 6.02. The number of fused-ring (bicyclic) bond motifs is 2. The van der Waals surface area contributed by atoms with Crippen LogP contribution in [0.2, 0.25) is 0 Å². The molecule has 44 heavy (non-hydrogen) atoms. The highest BCUT2D eigenvalue weighted by Crippen LogP contribution is 2.40. The van der Waals surface area contributed by atoms with E-state index < -0.39 is 11.7 Å². The van der Waals surface area contributed by atoms with Gasteiger partial charge in [0.15, 0.2) is 0 Å². The number of aryl methyl sites for hydroxylation is 1. The van der Waals surface area contributed by atoms with Crippen LogP contribution in [-0.4, -0.2) is 22.6 Å². The zero-order chi connectivity index (χ0) is 31.4. The monoisotopic (exact) mass is 591 g/mol. The molecule has 0 saturated carbocycles. The van der Waals surface area contributed by atoms with Crippen molar-refractivity contribution < 1.29 is 14.3 Å². The van der Waals surface area contributed by atoms with Crippen LogP contribution in [0.25, 0.3) is 11.1 Å². The maximum absolute atomic E-state index is 12.7. The van der Waals surface area contributed by atoms with Gasteiger partial charge in [-0.2, -0.15) is 0 Å². The SMILES string of the molecule is CC.Cc1cc2c(cc1CC1C(=O)Nc3ncccc31)NC(c1ccc(-c3ccccc3CNC(=O)OC(C)(C)C)cc1)N2. The first-order valence-electron chi connectivity index (χ1n) is 15.2. The lowest BCUT2D eigenvalue weighted by molar-refractivity contribution is -0.117. The van der Waals surface area contributed by atoms with E-state index >= 15 is 0 Å². The number of nitrogens with zero attached hydrogens (tertiary/aromatic N) is 1. The molecule has 0 fully saturated rings. The smallest absolute Gasteiger partial charge is 0.407 e. The fourth-order valence-corrected chi connectivity index (χ4v) is 5.59. The minimum Gasteiger partial charge on any atom is -0.444 e. The molecule has 3 aromatic carbocycles. The van der Waals surface area contributed by atoms with Gasteiger partial charge in [0.25, 0.3) is 0 Å². The lowest BCUT2D eigenvalue weighted by Gasteiger charge is -2.20. The van der Waals surface area contributed by atoms with E-state index in [9.17, 15) is 9.59 Å². The van der Waals surface area contributed by atoms with Crippen molar-refractivity contribution in [1.82, 2.24) is 10.3 Å². The fourth-order valence-electron chi connectivity index (χ4n) is 5.59. The molecule has 3 heterocycles. The van der Waals surface area contributed by atoms with Crippen molar-refractivity contribution in [1.29, 1.82) is 0 Å². The minimum atomic E-state index is -0.544. The van der Waals surface area contributed by atoms with E-state index in [0.717, 1.165) is 50.3 Å². The molecule has 0 aliphatic carbocycles. The van der Waals surface area contributed by atoms with E-state index in [0.29, 0.717) is 18.8 Å². The van der Waals surface area contributed by atoms with Crippen LogP contribution in [0.3, 0.4) is 0 Å². The van der Waals surface area contributed by atoms with E-state index in [2.05, 4.69) is 75.6 Å². The predicted octanol–water partition coefficient (Wildman–Crippen LogP) is 7.92. The van der Waals surface area contributed by atoms with Crippen LogP contribution in [0.4, 0.5) is 22.0 Å². The number of hydrogen-bond donors (Lipinski definition) is 4. The number of amides is 2. The molecule has 0 bridgehead atoms. The Labute approximate surface area is 259 Å². The quantitative estimate of drug-likeness (QED) is 0.182. The molecule has 2 amide bonds. The van der Waals surface area contributed by atoms with Crippen molar-refractivity contribution in [3.8, 4) is 11.1 Å². The van der Waals surface area contributed by atoms with Gasteiger partial charge in [0.1, 0.15) is 17.6 Å². The maximum atomic E-state index is 12.7. The third kappa shape index (κ3) is 6.70. The average molecular weight is 592 g/mol. The van der Waals surface area contributed by atoms with E-state index in [1.165, 1.54) is 0 Å². The number of ether oxygens (including phenoxy) is 1. The topological polar surface area (TPSA) is 104 Å². The van der Waals surface area contributed by atoms with E-state index in [1.54, 1.807) is 6.20 Å². The Morgan fingerprint density at radius 3 is 2.36 bits per heavy atom. The summed E-state index contributed by atoms with van der Waals surface area (Å²) in [5.41, 5.74) is 8.99. The number of benzene rings is 3. The number of rotatable bonds is 6. The molecule has 2 aliphatic heterocycles.